The van der Waals surface area contributed by atoms with Crippen molar-refractivity contribution in [1.82, 2.24) is 0 Å². The molecular weight excluding hydrogens is 348 g/mol. The van der Waals surface area contributed by atoms with Gasteiger partial charge in [0.1, 0.15) is 18.0 Å². The molecule has 0 saturated carbocycles. The number of hydrogen-bond donors (Lipinski definition) is 1. The maximum absolute atomic E-state index is 14.3. The fourth-order valence-corrected chi connectivity index (χ4v) is 3.29. The van der Waals surface area contributed by atoms with Gasteiger partial charge < -0.3 is 9.84 Å². The molecule has 0 unspecified atom stereocenters. The van der Waals surface area contributed by atoms with E-state index in [1.165, 1.54) is 35.6 Å². The summed E-state index contributed by atoms with van der Waals surface area (Å²) < 4.78 is 34.4. The Hall–Kier alpha value is -2.67. The summed E-state index contributed by atoms with van der Waals surface area (Å²) in [6.45, 7) is -0.293. The van der Waals surface area contributed by atoms with E-state index < -0.39 is 23.8 Å². The molecule has 0 bridgehead atoms. The Morgan fingerprint density at radius 1 is 1.24 bits per heavy atom. The molecule has 25 heavy (non-hydrogen) atoms. The average molecular weight is 361 g/mol. The molecule has 128 valence electrons. The Balaban J connectivity index is 2.03. The number of azide groups is 1. The molecule has 0 aliphatic heterocycles. The summed E-state index contributed by atoms with van der Waals surface area (Å²) in [6.07, 6.45) is -2.37. The van der Waals surface area contributed by atoms with Crippen LogP contribution in [0.4, 0.5) is 8.78 Å². The lowest BCUT2D eigenvalue weighted by atomic mass is 10.0. The highest BCUT2D eigenvalue weighted by atomic mass is 32.1. The van der Waals surface area contributed by atoms with Crippen LogP contribution >= 0.6 is 11.3 Å². The first kappa shape index (κ1) is 17.2. The number of aliphatic hydroxyl groups is 1. The molecule has 0 saturated heterocycles. The van der Waals surface area contributed by atoms with Gasteiger partial charge in [-0.1, -0.05) is 17.2 Å². The van der Waals surface area contributed by atoms with Crippen molar-refractivity contribution in [3.05, 3.63) is 75.5 Å². The number of fused-ring (bicyclic) bond motifs is 1. The Morgan fingerprint density at radius 3 is 2.84 bits per heavy atom. The number of aliphatic hydroxyl groups excluding tert-OH is 1. The third-order valence-corrected chi connectivity index (χ3v) is 4.52. The van der Waals surface area contributed by atoms with E-state index in [-0.39, 0.29) is 12.3 Å². The van der Waals surface area contributed by atoms with Crippen molar-refractivity contribution in [2.45, 2.75) is 12.2 Å². The predicted octanol–water partition coefficient (Wildman–Crippen LogP) is 4.97. The van der Waals surface area contributed by atoms with Gasteiger partial charge in [0, 0.05) is 15.0 Å². The number of rotatable bonds is 6. The summed E-state index contributed by atoms with van der Waals surface area (Å²) in [5.74, 6) is -1.15. The minimum atomic E-state index is -1.27. The summed E-state index contributed by atoms with van der Waals surface area (Å²) >= 11 is 1.42. The van der Waals surface area contributed by atoms with E-state index >= 15 is 0 Å². The molecule has 0 spiro atoms. The van der Waals surface area contributed by atoms with Crippen molar-refractivity contribution >= 4 is 21.4 Å². The van der Waals surface area contributed by atoms with Crippen LogP contribution in [0.5, 0.6) is 5.75 Å². The molecule has 0 radical (unpaired) electrons. The monoisotopic (exact) mass is 361 g/mol. The van der Waals surface area contributed by atoms with E-state index in [0.717, 1.165) is 4.70 Å². The molecule has 0 aliphatic rings. The summed E-state index contributed by atoms with van der Waals surface area (Å²) in [5.41, 5.74) is 8.76. The van der Waals surface area contributed by atoms with Crippen LogP contribution in [-0.4, -0.2) is 17.8 Å². The molecule has 0 aliphatic carbocycles. The van der Waals surface area contributed by atoms with Gasteiger partial charge >= 0.3 is 0 Å². The SMILES string of the molecule is [N-]=[N+]=NC[C@H](O)[C@H](Oc1c(F)ccc2sccc12)c1cccc(F)c1. The molecule has 8 heteroatoms. The van der Waals surface area contributed by atoms with Crippen molar-refractivity contribution < 1.29 is 18.6 Å². The molecule has 0 fully saturated rings. The number of halogens is 2. The van der Waals surface area contributed by atoms with Crippen molar-refractivity contribution in [3.8, 4) is 5.75 Å². The smallest absolute Gasteiger partial charge is 0.165 e. The van der Waals surface area contributed by atoms with Crippen LogP contribution < -0.4 is 4.74 Å². The van der Waals surface area contributed by atoms with Gasteiger partial charge in [0.2, 0.25) is 0 Å². The first-order valence-corrected chi connectivity index (χ1v) is 8.25. The van der Waals surface area contributed by atoms with Gasteiger partial charge in [0.25, 0.3) is 0 Å². The zero-order chi connectivity index (χ0) is 17.8. The van der Waals surface area contributed by atoms with Crippen LogP contribution in [0.25, 0.3) is 20.5 Å². The number of ether oxygens (including phenoxy) is 1. The van der Waals surface area contributed by atoms with Crippen LogP contribution in [0.15, 0.2) is 53.0 Å². The van der Waals surface area contributed by atoms with Gasteiger partial charge in [-0.15, -0.1) is 11.3 Å². The van der Waals surface area contributed by atoms with Crippen molar-refractivity contribution in [2.24, 2.45) is 5.11 Å². The topological polar surface area (TPSA) is 78.2 Å². The summed E-state index contributed by atoms with van der Waals surface area (Å²) in [6, 6.07) is 10.1. The van der Waals surface area contributed by atoms with Crippen LogP contribution in [0.3, 0.4) is 0 Å². The lowest BCUT2D eigenvalue weighted by Crippen LogP contribution is -2.26. The molecule has 3 rings (SSSR count). The summed E-state index contributed by atoms with van der Waals surface area (Å²) in [4.78, 5) is 2.60. The number of hydrogen-bond acceptors (Lipinski definition) is 4. The molecule has 1 N–H and O–H groups in total. The highest BCUT2D eigenvalue weighted by molar-refractivity contribution is 7.17. The molecule has 2 aromatic carbocycles. The second-order valence-electron chi connectivity index (χ2n) is 5.28. The van der Waals surface area contributed by atoms with Crippen LogP contribution in [0, 0.1) is 11.6 Å². The van der Waals surface area contributed by atoms with E-state index in [2.05, 4.69) is 10.0 Å². The zero-order valence-electron chi connectivity index (χ0n) is 12.8. The van der Waals surface area contributed by atoms with Crippen molar-refractivity contribution in [2.75, 3.05) is 6.54 Å². The Labute approximate surface area is 145 Å². The number of nitrogens with zero attached hydrogens (tertiary/aromatic N) is 3. The predicted molar refractivity (Wildman–Crippen MR) is 91.6 cm³/mol. The molecule has 3 aromatic rings. The van der Waals surface area contributed by atoms with E-state index in [4.69, 9.17) is 10.3 Å². The fourth-order valence-electron chi connectivity index (χ4n) is 2.51. The molecule has 1 aromatic heterocycles. The first-order chi connectivity index (χ1) is 12.1. The Kier molecular flexibility index (Phi) is 5.14. The Morgan fingerprint density at radius 2 is 2.08 bits per heavy atom. The highest BCUT2D eigenvalue weighted by Gasteiger charge is 2.25. The molecule has 0 amide bonds. The lowest BCUT2D eigenvalue weighted by molar-refractivity contribution is 0.0399. The number of thiophene rings is 1. The van der Waals surface area contributed by atoms with Crippen LogP contribution in [-0.2, 0) is 0 Å². The summed E-state index contributed by atoms with van der Waals surface area (Å²) in [7, 11) is 0. The van der Waals surface area contributed by atoms with Crippen molar-refractivity contribution in [1.29, 1.82) is 0 Å². The summed E-state index contributed by atoms with van der Waals surface area (Å²) in [5, 5.41) is 16.0. The highest BCUT2D eigenvalue weighted by Crippen LogP contribution is 2.36. The quantitative estimate of drug-likeness (QED) is 0.382. The van der Waals surface area contributed by atoms with E-state index in [1.807, 2.05) is 0 Å². The minimum absolute atomic E-state index is 0.0343. The fraction of sp³-hybridized carbons (Fsp3) is 0.176. The van der Waals surface area contributed by atoms with Crippen molar-refractivity contribution in [3.63, 3.8) is 0 Å². The standard InChI is InChI=1S/C17H13F2N3O2S/c18-11-3-1-2-10(8-11)16(14(23)9-21-22-20)24-17-12-6-7-25-15(12)5-4-13(17)19/h1-8,14,16,23H,9H2/t14-,16+/m0/s1. The van der Waals surface area contributed by atoms with Gasteiger partial charge in [-0.05, 0) is 46.8 Å². The minimum Gasteiger partial charge on any atom is -0.479 e. The maximum Gasteiger partial charge on any atom is 0.165 e. The lowest BCUT2D eigenvalue weighted by Gasteiger charge is -2.24. The van der Waals surface area contributed by atoms with E-state index in [1.54, 1.807) is 23.6 Å². The second-order valence-corrected chi connectivity index (χ2v) is 6.23. The van der Waals surface area contributed by atoms with Gasteiger partial charge in [0.05, 0.1) is 6.54 Å². The number of benzene rings is 2. The third-order valence-electron chi connectivity index (χ3n) is 3.64. The second kappa shape index (κ2) is 7.48. The zero-order valence-corrected chi connectivity index (χ0v) is 13.7. The van der Waals surface area contributed by atoms with Gasteiger partial charge in [-0.25, -0.2) is 8.78 Å². The average Bonchev–Trinajstić information content (AvgIpc) is 3.07. The van der Waals surface area contributed by atoms with Gasteiger partial charge in [-0.3, -0.25) is 0 Å². The third kappa shape index (κ3) is 3.71. The molecule has 1 heterocycles. The van der Waals surface area contributed by atoms with E-state index in [9.17, 15) is 13.9 Å². The normalized spacial score (nSPS) is 13.2. The maximum atomic E-state index is 14.3. The van der Waals surface area contributed by atoms with Gasteiger partial charge in [-0.2, -0.15) is 0 Å². The Bertz CT molecular complexity index is 941. The van der Waals surface area contributed by atoms with Crippen LogP contribution in [0.2, 0.25) is 0 Å². The molecule has 2 atom stereocenters. The molecule has 5 nitrogen and oxygen atoms in total. The first-order valence-electron chi connectivity index (χ1n) is 7.37. The van der Waals surface area contributed by atoms with Crippen LogP contribution in [0.1, 0.15) is 11.7 Å². The largest absolute Gasteiger partial charge is 0.479 e. The molecular formula is C17H13F2N3O2S. The van der Waals surface area contributed by atoms with E-state index in [0.29, 0.717) is 10.9 Å². The van der Waals surface area contributed by atoms with Gasteiger partial charge in [0.15, 0.2) is 11.6 Å².